The van der Waals surface area contributed by atoms with Gasteiger partial charge in [0.2, 0.25) is 5.89 Å². The first-order chi connectivity index (χ1) is 11.0. The van der Waals surface area contributed by atoms with E-state index in [0.717, 1.165) is 12.8 Å². The average molecular weight is 361 g/mol. The second kappa shape index (κ2) is 6.58. The van der Waals surface area contributed by atoms with Gasteiger partial charge in [0.15, 0.2) is 15.7 Å². The minimum atomic E-state index is -3.68. The van der Waals surface area contributed by atoms with Crippen molar-refractivity contribution >= 4 is 21.4 Å². The number of ether oxygens (including phenoxy) is 1. The number of aromatic nitrogens is 4. The molecule has 1 fully saturated rings. The topological polar surface area (TPSA) is 100 Å². The SMILES string of the molecule is CCn1ncc(S(=O)(=O)Cc2noc(C3CCOCC3)n2)c1Cl. The van der Waals surface area contributed by atoms with Crippen molar-refractivity contribution in [3.63, 3.8) is 0 Å². The molecule has 0 aliphatic carbocycles. The summed E-state index contributed by atoms with van der Waals surface area (Å²) in [5.74, 6) is 0.356. The van der Waals surface area contributed by atoms with E-state index in [-0.39, 0.29) is 27.5 Å². The van der Waals surface area contributed by atoms with E-state index < -0.39 is 9.84 Å². The molecule has 0 atom stereocenters. The highest BCUT2D eigenvalue weighted by Gasteiger charge is 2.27. The van der Waals surface area contributed by atoms with Crippen molar-refractivity contribution in [2.45, 2.75) is 42.9 Å². The van der Waals surface area contributed by atoms with Crippen LogP contribution in [0.25, 0.3) is 0 Å². The van der Waals surface area contributed by atoms with E-state index in [4.69, 9.17) is 20.9 Å². The molecule has 0 radical (unpaired) electrons. The Hall–Kier alpha value is -1.45. The van der Waals surface area contributed by atoms with Gasteiger partial charge in [0.1, 0.15) is 15.8 Å². The van der Waals surface area contributed by atoms with Crippen molar-refractivity contribution in [2.24, 2.45) is 0 Å². The number of hydrogen-bond acceptors (Lipinski definition) is 7. The summed E-state index contributed by atoms with van der Waals surface area (Å²) in [6.07, 6.45) is 2.84. The Bertz CT molecular complexity index is 780. The lowest BCUT2D eigenvalue weighted by atomic mass is 10.0. The zero-order valence-corrected chi connectivity index (χ0v) is 14.2. The summed E-state index contributed by atoms with van der Waals surface area (Å²) in [4.78, 5) is 4.20. The fourth-order valence-corrected chi connectivity index (χ4v) is 4.21. The van der Waals surface area contributed by atoms with E-state index >= 15 is 0 Å². The van der Waals surface area contributed by atoms with Crippen LogP contribution in [-0.2, 0) is 26.9 Å². The third-order valence-corrected chi connectivity index (χ3v) is 5.87. The number of rotatable bonds is 5. The van der Waals surface area contributed by atoms with Crippen LogP contribution in [0, 0.1) is 0 Å². The molecule has 2 aromatic heterocycles. The molecule has 1 aliphatic rings. The van der Waals surface area contributed by atoms with E-state index in [1.807, 2.05) is 6.92 Å². The maximum atomic E-state index is 12.5. The Morgan fingerprint density at radius 3 is 2.78 bits per heavy atom. The van der Waals surface area contributed by atoms with Gasteiger partial charge >= 0.3 is 0 Å². The molecule has 1 saturated heterocycles. The zero-order chi connectivity index (χ0) is 16.4. The fourth-order valence-electron chi connectivity index (χ4n) is 2.47. The van der Waals surface area contributed by atoms with E-state index in [2.05, 4.69) is 15.2 Å². The minimum absolute atomic E-state index is 0.0153. The summed E-state index contributed by atoms with van der Waals surface area (Å²) < 4.78 is 36.8. The van der Waals surface area contributed by atoms with Crippen molar-refractivity contribution in [3.05, 3.63) is 23.1 Å². The molecule has 1 aliphatic heterocycles. The third kappa shape index (κ3) is 3.41. The molecule has 23 heavy (non-hydrogen) atoms. The summed E-state index contributed by atoms with van der Waals surface area (Å²) >= 11 is 6.05. The van der Waals surface area contributed by atoms with Gasteiger partial charge in [-0.3, -0.25) is 4.68 Å². The van der Waals surface area contributed by atoms with Crippen molar-refractivity contribution in [2.75, 3.05) is 13.2 Å². The Morgan fingerprint density at radius 1 is 1.39 bits per heavy atom. The number of sulfone groups is 1. The van der Waals surface area contributed by atoms with Gasteiger partial charge < -0.3 is 9.26 Å². The number of halogens is 1. The van der Waals surface area contributed by atoms with Crippen LogP contribution < -0.4 is 0 Å². The fraction of sp³-hybridized carbons (Fsp3) is 0.615. The van der Waals surface area contributed by atoms with E-state index in [1.54, 1.807) is 0 Å². The molecular weight excluding hydrogens is 344 g/mol. The quantitative estimate of drug-likeness (QED) is 0.801. The molecule has 0 saturated carbocycles. The summed E-state index contributed by atoms with van der Waals surface area (Å²) in [7, 11) is -3.68. The number of nitrogens with zero attached hydrogens (tertiary/aromatic N) is 4. The molecule has 10 heteroatoms. The van der Waals surface area contributed by atoms with Crippen LogP contribution in [0.2, 0.25) is 5.15 Å². The Morgan fingerprint density at radius 2 is 2.13 bits per heavy atom. The molecule has 0 spiro atoms. The first-order valence-electron chi connectivity index (χ1n) is 7.35. The van der Waals surface area contributed by atoms with Gasteiger partial charge in [-0.25, -0.2) is 8.42 Å². The molecule has 0 unspecified atom stereocenters. The largest absolute Gasteiger partial charge is 0.381 e. The second-order valence-corrected chi connectivity index (χ2v) is 7.63. The lowest BCUT2D eigenvalue weighted by molar-refractivity contribution is 0.0778. The van der Waals surface area contributed by atoms with Crippen LogP contribution >= 0.6 is 11.6 Å². The van der Waals surface area contributed by atoms with Crippen LogP contribution in [0.15, 0.2) is 15.6 Å². The van der Waals surface area contributed by atoms with E-state index in [1.165, 1.54) is 10.9 Å². The highest BCUT2D eigenvalue weighted by atomic mass is 35.5. The first kappa shape index (κ1) is 16.4. The lowest BCUT2D eigenvalue weighted by Crippen LogP contribution is -2.14. The highest BCUT2D eigenvalue weighted by Crippen LogP contribution is 2.27. The van der Waals surface area contributed by atoms with Gasteiger partial charge in [0, 0.05) is 25.7 Å². The molecule has 8 nitrogen and oxygen atoms in total. The van der Waals surface area contributed by atoms with Crippen molar-refractivity contribution in [1.82, 2.24) is 19.9 Å². The Labute approximate surface area is 138 Å². The zero-order valence-electron chi connectivity index (χ0n) is 12.6. The molecule has 3 heterocycles. The van der Waals surface area contributed by atoms with Crippen molar-refractivity contribution < 1.29 is 17.7 Å². The van der Waals surface area contributed by atoms with Gasteiger partial charge in [0.25, 0.3) is 0 Å². The van der Waals surface area contributed by atoms with Crippen LogP contribution in [-0.4, -0.2) is 41.6 Å². The summed E-state index contributed by atoms with van der Waals surface area (Å²) in [5, 5.41) is 7.83. The standard InChI is InChI=1S/C13H17ClN4O4S/c1-2-18-12(14)10(7-15-18)23(19,20)8-11-16-13(22-17-11)9-3-5-21-6-4-9/h7,9H,2-6,8H2,1H3. The van der Waals surface area contributed by atoms with Gasteiger partial charge in [0.05, 0.1) is 6.20 Å². The molecule has 0 amide bonds. The molecule has 3 rings (SSSR count). The lowest BCUT2D eigenvalue weighted by Gasteiger charge is -2.17. The smallest absolute Gasteiger partial charge is 0.229 e. The van der Waals surface area contributed by atoms with Crippen molar-refractivity contribution in [1.29, 1.82) is 0 Å². The number of aryl methyl sites for hydroxylation is 1. The molecule has 126 valence electrons. The van der Waals surface area contributed by atoms with Crippen LogP contribution in [0.1, 0.15) is 37.4 Å². The monoisotopic (exact) mass is 360 g/mol. The van der Waals surface area contributed by atoms with Crippen LogP contribution in [0.5, 0.6) is 0 Å². The molecular formula is C13H17ClN4O4S. The predicted molar refractivity (Wildman–Crippen MR) is 80.9 cm³/mol. The maximum absolute atomic E-state index is 12.5. The third-order valence-electron chi connectivity index (χ3n) is 3.75. The molecule has 0 bridgehead atoms. The highest BCUT2D eigenvalue weighted by molar-refractivity contribution is 7.90. The maximum Gasteiger partial charge on any atom is 0.229 e. The normalized spacial score (nSPS) is 16.8. The van der Waals surface area contributed by atoms with E-state index in [9.17, 15) is 8.42 Å². The Balaban J connectivity index is 1.78. The van der Waals surface area contributed by atoms with Crippen LogP contribution in [0.3, 0.4) is 0 Å². The second-order valence-electron chi connectivity index (χ2n) is 5.31. The summed E-state index contributed by atoms with van der Waals surface area (Å²) in [6, 6.07) is 0. The summed E-state index contributed by atoms with van der Waals surface area (Å²) in [6.45, 7) is 3.61. The minimum Gasteiger partial charge on any atom is -0.381 e. The molecule has 2 aromatic rings. The average Bonchev–Trinajstić information content (AvgIpc) is 3.14. The molecule has 0 N–H and O–H groups in total. The van der Waals surface area contributed by atoms with Gasteiger partial charge in [-0.2, -0.15) is 10.1 Å². The molecule has 0 aromatic carbocycles. The predicted octanol–water partition coefficient (Wildman–Crippen LogP) is 1.81. The number of hydrogen-bond donors (Lipinski definition) is 0. The van der Waals surface area contributed by atoms with Gasteiger partial charge in [-0.05, 0) is 19.8 Å². The van der Waals surface area contributed by atoms with Gasteiger partial charge in [-0.1, -0.05) is 16.8 Å². The Kier molecular flexibility index (Phi) is 4.69. The van der Waals surface area contributed by atoms with Gasteiger partial charge in [-0.15, -0.1) is 0 Å². The van der Waals surface area contributed by atoms with Crippen LogP contribution in [0.4, 0.5) is 0 Å². The first-order valence-corrected chi connectivity index (χ1v) is 9.38. The van der Waals surface area contributed by atoms with Crippen molar-refractivity contribution in [3.8, 4) is 0 Å². The van der Waals surface area contributed by atoms with E-state index in [0.29, 0.717) is 25.6 Å². The summed E-state index contributed by atoms with van der Waals surface area (Å²) in [5.41, 5.74) is 0.